The fourth-order valence-electron chi connectivity index (χ4n) is 1.62. The van der Waals surface area contributed by atoms with Crippen molar-refractivity contribution in [3.05, 3.63) is 58.4 Å². The number of hydrogen-bond donors (Lipinski definition) is 1. The summed E-state index contributed by atoms with van der Waals surface area (Å²) >= 11 is 7.62. The van der Waals surface area contributed by atoms with Crippen LogP contribution in [0.4, 0.5) is 10.1 Å². The predicted molar refractivity (Wildman–Crippen MR) is 76.6 cm³/mol. The quantitative estimate of drug-likeness (QED) is 0.654. The van der Waals surface area contributed by atoms with Gasteiger partial charge in [0.2, 0.25) is 0 Å². The Hall–Kier alpha value is -1.19. The van der Waals surface area contributed by atoms with Crippen molar-refractivity contribution in [3.8, 4) is 0 Å². The Kier molecular flexibility index (Phi) is 4.15. The van der Waals surface area contributed by atoms with E-state index in [0.29, 0.717) is 16.5 Å². The smallest absolute Gasteiger partial charge is 0.123 e. The summed E-state index contributed by atoms with van der Waals surface area (Å²) in [5.74, 6) is 0.431. The summed E-state index contributed by atoms with van der Waals surface area (Å²) in [7, 11) is 0. The molecule has 94 valence electrons. The number of benzene rings is 2. The highest BCUT2D eigenvalue weighted by Crippen LogP contribution is 2.35. The van der Waals surface area contributed by atoms with Crippen molar-refractivity contribution in [3.63, 3.8) is 0 Å². The van der Waals surface area contributed by atoms with Gasteiger partial charge in [0.1, 0.15) is 5.82 Å². The maximum Gasteiger partial charge on any atom is 0.123 e. The molecule has 4 heteroatoms. The topological polar surface area (TPSA) is 26.0 Å². The van der Waals surface area contributed by atoms with E-state index in [9.17, 15) is 4.39 Å². The molecule has 0 spiro atoms. The van der Waals surface area contributed by atoms with Crippen LogP contribution in [-0.2, 0) is 5.75 Å². The van der Waals surface area contributed by atoms with Gasteiger partial charge in [-0.1, -0.05) is 23.7 Å². The minimum Gasteiger partial charge on any atom is -0.398 e. The van der Waals surface area contributed by atoms with Gasteiger partial charge in [-0.25, -0.2) is 4.39 Å². The van der Waals surface area contributed by atoms with Gasteiger partial charge in [-0.2, -0.15) is 0 Å². The first-order valence-electron chi connectivity index (χ1n) is 5.50. The van der Waals surface area contributed by atoms with Crippen molar-refractivity contribution in [2.24, 2.45) is 0 Å². The average molecular weight is 282 g/mol. The lowest BCUT2D eigenvalue weighted by Gasteiger charge is -2.09. The molecule has 0 aliphatic carbocycles. The summed E-state index contributed by atoms with van der Waals surface area (Å²) in [6.07, 6.45) is 0. The number of halogens is 2. The summed E-state index contributed by atoms with van der Waals surface area (Å²) in [5.41, 5.74) is 8.55. The van der Waals surface area contributed by atoms with E-state index in [1.54, 1.807) is 18.2 Å². The first-order valence-corrected chi connectivity index (χ1v) is 6.86. The van der Waals surface area contributed by atoms with E-state index in [1.165, 1.54) is 17.8 Å². The van der Waals surface area contributed by atoms with Crippen LogP contribution in [0.2, 0.25) is 5.02 Å². The molecular weight excluding hydrogens is 269 g/mol. The highest BCUT2D eigenvalue weighted by molar-refractivity contribution is 7.98. The van der Waals surface area contributed by atoms with Gasteiger partial charge in [0.25, 0.3) is 0 Å². The lowest BCUT2D eigenvalue weighted by molar-refractivity contribution is 0.626. The second-order valence-corrected chi connectivity index (χ2v) is 5.41. The van der Waals surface area contributed by atoms with Gasteiger partial charge < -0.3 is 5.73 Å². The van der Waals surface area contributed by atoms with Gasteiger partial charge in [0.05, 0.1) is 5.02 Å². The molecule has 0 fully saturated rings. The number of hydrogen-bond acceptors (Lipinski definition) is 2. The van der Waals surface area contributed by atoms with E-state index in [2.05, 4.69) is 0 Å². The molecule has 0 aromatic heterocycles. The SMILES string of the molecule is Cc1ccc(F)cc1CSc1c(N)cccc1Cl. The molecule has 2 rings (SSSR count). The molecule has 0 unspecified atom stereocenters. The number of rotatable bonds is 3. The van der Waals surface area contributed by atoms with E-state index in [1.807, 2.05) is 19.1 Å². The van der Waals surface area contributed by atoms with Crippen molar-refractivity contribution in [1.82, 2.24) is 0 Å². The van der Waals surface area contributed by atoms with Crippen molar-refractivity contribution in [1.29, 1.82) is 0 Å². The van der Waals surface area contributed by atoms with Gasteiger partial charge in [-0.15, -0.1) is 11.8 Å². The Balaban J connectivity index is 2.19. The second kappa shape index (κ2) is 5.63. The number of thioether (sulfide) groups is 1. The summed E-state index contributed by atoms with van der Waals surface area (Å²) < 4.78 is 13.2. The van der Waals surface area contributed by atoms with Gasteiger partial charge in [-0.3, -0.25) is 0 Å². The zero-order valence-electron chi connectivity index (χ0n) is 9.91. The molecule has 0 radical (unpaired) electrons. The third kappa shape index (κ3) is 2.98. The molecule has 0 aliphatic heterocycles. The fourth-order valence-corrected chi connectivity index (χ4v) is 3.02. The lowest BCUT2D eigenvalue weighted by atomic mass is 10.1. The first-order chi connectivity index (χ1) is 8.58. The number of anilines is 1. The third-order valence-corrected chi connectivity index (χ3v) is 4.31. The Bertz CT molecular complexity index is 551. The van der Waals surface area contributed by atoms with E-state index < -0.39 is 0 Å². The molecular formula is C14H13ClFNS. The van der Waals surface area contributed by atoms with Crippen molar-refractivity contribution >= 4 is 29.1 Å². The molecule has 0 saturated carbocycles. The molecule has 18 heavy (non-hydrogen) atoms. The van der Waals surface area contributed by atoms with Crippen molar-refractivity contribution < 1.29 is 4.39 Å². The second-order valence-electron chi connectivity index (χ2n) is 4.02. The summed E-state index contributed by atoms with van der Waals surface area (Å²) in [6.45, 7) is 1.96. The standard InChI is InChI=1S/C14H13ClFNS/c1-9-5-6-11(16)7-10(9)8-18-14-12(15)3-2-4-13(14)17/h2-7H,8,17H2,1H3. The lowest BCUT2D eigenvalue weighted by Crippen LogP contribution is -1.92. The zero-order valence-corrected chi connectivity index (χ0v) is 11.5. The molecule has 0 saturated heterocycles. The summed E-state index contributed by atoms with van der Waals surface area (Å²) in [4.78, 5) is 0.850. The Morgan fingerprint density at radius 1 is 1.28 bits per heavy atom. The summed E-state index contributed by atoms with van der Waals surface area (Å²) in [5, 5.41) is 0.633. The van der Waals surface area contributed by atoms with Crippen LogP contribution in [0.5, 0.6) is 0 Å². The Morgan fingerprint density at radius 2 is 2.06 bits per heavy atom. The Morgan fingerprint density at radius 3 is 2.78 bits per heavy atom. The fraction of sp³-hybridized carbons (Fsp3) is 0.143. The van der Waals surface area contributed by atoms with Crippen LogP contribution in [0.25, 0.3) is 0 Å². The maximum absolute atomic E-state index is 13.2. The highest BCUT2D eigenvalue weighted by Gasteiger charge is 2.07. The third-order valence-electron chi connectivity index (χ3n) is 2.68. The maximum atomic E-state index is 13.2. The molecule has 0 aliphatic rings. The molecule has 1 nitrogen and oxygen atoms in total. The number of nitrogen functional groups attached to an aromatic ring is 1. The van der Waals surface area contributed by atoms with Crippen LogP contribution in [-0.4, -0.2) is 0 Å². The minimum absolute atomic E-state index is 0.219. The highest BCUT2D eigenvalue weighted by atomic mass is 35.5. The van der Waals surface area contributed by atoms with Gasteiger partial charge in [-0.05, 0) is 42.3 Å². The number of nitrogens with two attached hydrogens (primary N) is 1. The monoisotopic (exact) mass is 281 g/mol. The van der Waals surface area contributed by atoms with E-state index in [0.717, 1.165) is 16.0 Å². The molecule has 0 amide bonds. The van der Waals surface area contributed by atoms with Gasteiger partial charge in [0, 0.05) is 16.3 Å². The number of aryl methyl sites for hydroxylation is 1. The van der Waals surface area contributed by atoms with E-state index in [4.69, 9.17) is 17.3 Å². The van der Waals surface area contributed by atoms with Crippen molar-refractivity contribution in [2.45, 2.75) is 17.6 Å². The van der Waals surface area contributed by atoms with Crippen molar-refractivity contribution in [2.75, 3.05) is 5.73 Å². The zero-order chi connectivity index (χ0) is 13.1. The molecule has 0 heterocycles. The van der Waals surface area contributed by atoms with Crippen LogP contribution >= 0.6 is 23.4 Å². The van der Waals surface area contributed by atoms with E-state index >= 15 is 0 Å². The van der Waals surface area contributed by atoms with E-state index in [-0.39, 0.29) is 5.82 Å². The van der Waals surface area contributed by atoms with Crippen LogP contribution in [0, 0.1) is 12.7 Å². The van der Waals surface area contributed by atoms with Gasteiger partial charge >= 0.3 is 0 Å². The molecule has 2 aromatic carbocycles. The van der Waals surface area contributed by atoms with Gasteiger partial charge in [0.15, 0.2) is 0 Å². The Labute approximate surface area is 115 Å². The average Bonchev–Trinajstić information content (AvgIpc) is 2.33. The summed E-state index contributed by atoms with van der Waals surface area (Å²) in [6, 6.07) is 10.2. The normalized spacial score (nSPS) is 10.6. The molecule has 2 N–H and O–H groups in total. The predicted octanol–water partition coefficient (Wildman–Crippen LogP) is 4.66. The minimum atomic E-state index is -0.219. The molecule has 0 atom stereocenters. The first kappa shape index (κ1) is 13.2. The molecule has 2 aromatic rings. The van der Waals surface area contributed by atoms with Crippen LogP contribution in [0.3, 0.4) is 0 Å². The van der Waals surface area contributed by atoms with Crippen LogP contribution in [0.1, 0.15) is 11.1 Å². The van der Waals surface area contributed by atoms with Crippen LogP contribution in [0.15, 0.2) is 41.3 Å². The largest absolute Gasteiger partial charge is 0.398 e. The molecule has 0 bridgehead atoms. The van der Waals surface area contributed by atoms with Crippen LogP contribution < -0.4 is 5.73 Å².